The lowest BCUT2D eigenvalue weighted by atomic mass is 9.91. The van der Waals surface area contributed by atoms with Crippen molar-refractivity contribution in [3.05, 3.63) is 47.3 Å². The zero-order chi connectivity index (χ0) is 19.6. The summed E-state index contributed by atoms with van der Waals surface area (Å²) in [6.45, 7) is 1.26. The fourth-order valence-electron chi connectivity index (χ4n) is 3.23. The predicted molar refractivity (Wildman–Crippen MR) is 97.7 cm³/mol. The quantitative estimate of drug-likeness (QED) is 0.682. The number of hydrogen-bond acceptors (Lipinski definition) is 5. The van der Waals surface area contributed by atoms with Crippen molar-refractivity contribution in [1.82, 2.24) is 4.98 Å². The van der Waals surface area contributed by atoms with E-state index in [0.717, 1.165) is 49.9 Å². The number of nitrogens with one attached hydrogen (secondary N) is 2. The number of pyridine rings is 1. The molecule has 2 atom stereocenters. The third kappa shape index (κ3) is 4.57. The summed E-state index contributed by atoms with van der Waals surface area (Å²) in [6, 6.07) is 3.64. The SMILES string of the molecule is CC(=O)c1cc(F)c(N[C@@H]2CCCC[C@@H]2N)nc1Nc1cc(F)cc(F)c1. The molecule has 0 amide bonds. The van der Waals surface area contributed by atoms with Crippen LogP contribution in [-0.2, 0) is 0 Å². The van der Waals surface area contributed by atoms with E-state index in [1.165, 1.54) is 6.92 Å². The molecule has 1 aromatic carbocycles. The summed E-state index contributed by atoms with van der Waals surface area (Å²) in [7, 11) is 0. The van der Waals surface area contributed by atoms with Crippen LogP contribution < -0.4 is 16.4 Å². The van der Waals surface area contributed by atoms with Crippen LogP contribution >= 0.6 is 0 Å². The molecule has 1 saturated carbocycles. The minimum absolute atomic E-state index is 0.0146. The number of ketones is 1. The molecule has 1 heterocycles. The number of halogens is 3. The van der Waals surface area contributed by atoms with Gasteiger partial charge < -0.3 is 16.4 Å². The first kappa shape index (κ1) is 19.2. The van der Waals surface area contributed by atoms with Gasteiger partial charge >= 0.3 is 0 Å². The summed E-state index contributed by atoms with van der Waals surface area (Å²) in [5.74, 6) is -2.72. The Kier molecular flexibility index (Phi) is 5.65. The van der Waals surface area contributed by atoms with E-state index in [1.807, 2.05) is 0 Å². The Labute approximate surface area is 155 Å². The van der Waals surface area contributed by atoms with Crippen LogP contribution in [0.2, 0.25) is 0 Å². The highest BCUT2D eigenvalue weighted by atomic mass is 19.1. The molecule has 1 aliphatic rings. The van der Waals surface area contributed by atoms with Crippen LogP contribution in [0.3, 0.4) is 0 Å². The van der Waals surface area contributed by atoms with Gasteiger partial charge in [-0.1, -0.05) is 12.8 Å². The van der Waals surface area contributed by atoms with Gasteiger partial charge in [-0.3, -0.25) is 4.79 Å². The van der Waals surface area contributed by atoms with Crippen molar-refractivity contribution in [1.29, 1.82) is 0 Å². The van der Waals surface area contributed by atoms with Crippen LogP contribution in [0.15, 0.2) is 24.3 Å². The van der Waals surface area contributed by atoms with E-state index in [-0.39, 0.29) is 35.0 Å². The van der Waals surface area contributed by atoms with E-state index in [9.17, 15) is 18.0 Å². The lowest BCUT2D eigenvalue weighted by molar-refractivity contribution is 0.101. The maximum atomic E-state index is 14.5. The fraction of sp³-hybridized carbons (Fsp3) is 0.368. The number of benzene rings is 1. The number of rotatable bonds is 5. The van der Waals surface area contributed by atoms with Gasteiger partial charge in [-0.2, -0.15) is 0 Å². The molecular weight excluding hydrogens is 357 g/mol. The predicted octanol–water partition coefficient (Wildman–Crippen LogP) is 4.13. The Morgan fingerprint density at radius 2 is 1.74 bits per heavy atom. The van der Waals surface area contributed by atoms with E-state index < -0.39 is 23.2 Å². The maximum absolute atomic E-state index is 14.5. The van der Waals surface area contributed by atoms with Crippen LogP contribution in [0.25, 0.3) is 0 Å². The molecule has 4 N–H and O–H groups in total. The van der Waals surface area contributed by atoms with Crippen LogP contribution in [0.4, 0.5) is 30.5 Å². The highest BCUT2D eigenvalue weighted by molar-refractivity contribution is 5.99. The monoisotopic (exact) mass is 378 g/mol. The number of hydrogen-bond donors (Lipinski definition) is 3. The van der Waals surface area contributed by atoms with Gasteiger partial charge in [0.1, 0.15) is 17.5 Å². The van der Waals surface area contributed by atoms with Crippen LogP contribution in [0.1, 0.15) is 43.0 Å². The fourth-order valence-corrected chi connectivity index (χ4v) is 3.23. The van der Waals surface area contributed by atoms with Crippen molar-refractivity contribution < 1.29 is 18.0 Å². The average Bonchev–Trinajstić information content (AvgIpc) is 2.58. The first-order valence-electron chi connectivity index (χ1n) is 8.80. The smallest absolute Gasteiger partial charge is 0.166 e. The zero-order valence-electron chi connectivity index (χ0n) is 14.9. The molecule has 144 valence electrons. The molecule has 0 saturated heterocycles. The van der Waals surface area contributed by atoms with Crippen molar-refractivity contribution >= 4 is 23.1 Å². The minimum Gasteiger partial charge on any atom is -0.363 e. The largest absolute Gasteiger partial charge is 0.363 e. The van der Waals surface area contributed by atoms with E-state index in [2.05, 4.69) is 15.6 Å². The van der Waals surface area contributed by atoms with Gasteiger partial charge in [0.05, 0.1) is 5.56 Å². The van der Waals surface area contributed by atoms with Gasteiger partial charge in [-0.05, 0) is 38.0 Å². The van der Waals surface area contributed by atoms with Gasteiger partial charge in [0.2, 0.25) is 0 Å². The van der Waals surface area contributed by atoms with Gasteiger partial charge in [0, 0.05) is 23.8 Å². The zero-order valence-corrected chi connectivity index (χ0v) is 14.9. The molecule has 1 fully saturated rings. The summed E-state index contributed by atoms with van der Waals surface area (Å²) < 4.78 is 41.3. The number of Topliss-reactive ketones (excluding diaryl/α,β-unsaturated/α-hetero) is 1. The second kappa shape index (κ2) is 7.96. The summed E-state index contributed by atoms with van der Waals surface area (Å²) in [4.78, 5) is 16.0. The van der Waals surface area contributed by atoms with Gasteiger partial charge in [-0.15, -0.1) is 0 Å². The number of aromatic nitrogens is 1. The number of carbonyl (C=O) groups excluding carboxylic acids is 1. The first-order chi connectivity index (χ1) is 12.8. The number of carbonyl (C=O) groups is 1. The molecule has 3 rings (SSSR count). The Morgan fingerprint density at radius 3 is 2.37 bits per heavy atom. The second-order valence-corrected chi connectivity index (χ2v) is 6.75. The second-order valence-electron chi connectivity index (χ2n) is 6.75. The van der Waals surface area contributed by atoms with Crippen molar-refractivity contribution in [2.24, 2.45) is 5.73 Å². The van der Waals surface area contributed by atoms with Crippen molar-refractivity contribution in [2.75, 3.05) is 10.6 Å². The van der Waals surface area contributed by atoms with Gasteiger partial charge in [0.15, 0.2) is 17.4 Å². The first-order valence-corrected chi connectivity index (χ1v) is 8.80. The van der Waals surface area contributed by atoms with E-state index >= 15 is 0 Å². The molecule has 2 aromatic rings. The van der Waals surface area contributed by atoms with Gasteiger partial charge in [-0.25, -0.2) is 18.2 Å². The lowest BCUT2D eigenvalue weighted by Gasteiger charge is -2.30. The number of nitrogens with two attached hydrogens (primary N) is 1. The molecule has 1 aliphatic carbocycles. The Bertz CT molecular complexity index is 839. The van der Waals surface area contributed by atoms with Crippen LogP contribution in [-0.4, -0.2) is 22.9 Å². The Hall–Kier alpha value is -2.61. The summed E-state index contributed by atoms with van der Waals surface area (Å²) in [5, 5.41) is 5.71. The molecule has 1 aromatic heterocycles. The summed E-state index contributed by atoms with van der Waals surface area (Å²) in [5.41, 5.74) is 6.13. The molecule has 5 nitrogen and oxygen atoms in total. The van der Waals surface area contributed by atoms with Crippen molar-refractivity contribution in [3.63, 3.8) is 0 Å². The Morgan fingerprint density at radius 1 is 1.07 bits per heavy atom. The molecule has 0 aliphatic heterocycles. The molecule has 27 heavy (non-hydrogen) atoms. The molecule has 0 radical (unpaired) electrons. The van der Waals surface area contributed by atoms with Gasteiger partial charge in [0.25, 0.3) is 0 Å². The summed E-state index contributed by atoms with van der Waals surface area (Å²) in [6.07, 6.45) is 3.62. The highest BCUT2D eigenvalue weighted by Crippen LogP contribution is 2.27. The number of anilines is 3. The van der Waals surface area contributed by atoms with Crippen molar-refractivity contribution in [2.45, 2.75) is 44.7 Å². The molecular formula is C19H21F3N4O. The normalized spacial score (nSPS) is 19.6. The maximum Gasteiger partial charge on any atom is 0.166 e. The van der Waals surface area contributed by atoms with E-state index in [0.29, 0.717) is 0 Å². The third-order valence-corrected chi connectivity index (χ3v) is 4.62. The standard InChI is InChI=1S/C19H21F3N4O/c1-10(27)14-9-15(22)19(25-17-5-3-2-4-16(17)23)26-18(14)24-13-7-11(20)6-12(21)8-13/h6-9,16-17H,2-5,23H2,1H3,(H2,24,25,26)/t16-,17+/m0/s1. The molecule has 0 unspecified atom stereocenters. The molecule has 0 spiro atoms. The van der Waals surface area contributed by atoms with E-state index in [1.54, 1.807) is 0 Å². The number of nitrogens with zero attached hydrogens (tertiary/aromatic N) is 1. The average molecular weight is 378 g/mol. The minimum atomic E-state index is -0.782. The van der Waals surface area contributed by atoms with E-state index in [4.69, 9.17) is 5.73 Å². The van der Waals surface area contributed by atoms with Crippen LogP contribution in [0, 0.1) is 17.5 Å². The third-order valence-electron chi connectivity index (χ3n) is 4.62. The molecule has 8 heteroatoms. The Balaban J connectivity index is 1.94. The lowest BCUT2D eigenvalue weighted by Crippen LogP contribution is -2.43. The van der Waals surface area contributed by atoms with Crippen LogP contribution in [0.5, 0.6) is 0 Å². The topological polar surface area (TPSA) is 80.0 Å². The molecule has 0 bridgehead atoms. The summed E-state index contributed by atoms with van der Waals surface area (Å²) >= 11 is 0. The van der Waals surface area contributed by atoms with Crippen molar-refractivity contribution in [3.8, 4) is 0 Å². The highest BCUT2D eigenvalue weighted by Gasteiger charge is 2.24.